The van der Waals surface area contributed by atoms with Crippen molar-refractivity contribution >= 4 is 15.8 Å². The summed E-state index contributed by atoms with van der Waals surface area (Å²) < 4.78 is 0. The Hall–Kier alpha value is -0.700. The van der Waals surface area contributed by atoms with Crippen molar-refractivity contribution in [1.82, 2.24) is 0 Å². The van der Waals surface area contributed by atoms with Gasteiger partial charge in [0, 0.05) is 0 Å². The second-order valence-corrected chi connectivity index (χ2v) is 20.0. The minimum atomic E-state index is -0.116. The first-order valence-corrected chi connectivity index (χ1v) is 20.1. The molecular weight excluding hydrogens is 506 g/mol. The van der Waals surface area contributed by atoms with Gasteiger partial charge in [-0.2, -0.15) is 0 Å². The molecule has 39 heavy (non-hydrogen) atoms. The molecule has 0 saturated heterocycles. The van der Waals surface area contributed by atoms with Crippen LogP contribution >= 0.6 is 15.8 Å². The highest BCUT2D eigenvalue weighted by atomic mass is 31.2. The molecular formula is C37H52P2. The van der Waals surface area contributed by atoms with Crippen molar-refractivity contribution in [2.45, 2.75) is 156 Å². The van der Waals surface area contributed by atoms with E-state index in [0.29, 0.717) is 4.90 Å². The molecule has 2 aromatic carbocycles. The average Bonchev–Trinajstić information content (AvgIpc) is 3.30. The second-order valence-electron chi connectivity index (χ2n) is 13.7. The molecule has 2 aromatic rings. The van der Waals surface area contributed by atoms with Gasteiger partial charge in [-0.3, -0.25) is 0 Å². The molecule has 2 heteroatoms. The Morgan fingerprint density at radius 1 is 0.385 bits per heavy atom. The Labute approximate surface area is 242 Å². The van der Waals surface area contributed by atoms with Crippen LogP contribution in [-0.4, -0.2) is 22.6 Å². The van der Waals surface area contributed by atoms with Gasteiger partial charge in [-0.1, -0.05) is 141 Å². The topological polar surface area (TPSA) is 0 Å². The zero-order valence-corrected chi connectivity index (χ0v) is 26.3. The van der Waals surface area contributed by atoms with Gasteiger partial charge >= 0.3 is 0 Å². The minimum absolute atomic E-state index is 0.116. The summed E-state index contributed by atoms with van der Waals surface area (Å²) in [6, 6.07) is 20.1. The molecule has 0 bridgehead atoms. The van der Waals surface area contributed by atoms with Crippen LogP contribution in [0.25, 0.3) is 11.1 Å². The first-order valence-electron chi connectivity index (χ1n) is 17.2. The number of rotatable bonds is 6. The maximum absolute atomic E-state index is 2.69. The largest absolute Gasteiger partial charge is 0.0800 e. The van der Waals surface area contributed by atoms with E-state index >= 15 is 0 Å². The van der Waals surface area contributed by atoms with Gasteiger partial charge in [-0.25, -0.2) is 0 Å². The molecule has 0 N–H and O–H groups in total. The normalized spacial score (nSPS) is 25.2. The fraction of sp³-hybridized carbons (Fsp3) is 0.676. The van der Waals surface area contributed by atoms with Crippen LogP contribution in [0.2, 0.25) is 0 Å². The summed E-state index contributed by atoms with van der Waals surface area (Å²) in [5.74, 6) is 0. The SMILES string of the molecule is c1ccc2c(c1)-c1ccccc1C2(P(C1CCCCC1)C1CCCCC1)P(C1CCCCC1)C1CCCCC1. The molecule has 7 rings (SSSR count). The summed E-state index contributed by atoms with van der Waals surface area (Å²) in [4.78, 5) is 0.353. The lowest BCUT2D eigenvalue weighted by molar-refractivity contribution is 0.472. The van der Waals surface area contributed by atoms with Crippen LogP contribution in [0.5, 0.6) is 0 Å². The van der Waals surface area contributed by atoms with Gasteiger partial charge in [-0.15, -0.1) is 0 Å². The van der Waals surface area contributed by atoms with Gasteiger partial charge in [0.15, 0.2) is 0 Å². The first-order chi connectivity index (χ1) is 19.4. The van der Waals surface area contributed by atoms with E-state index in [2.05, 4.69) is 48.5 Å². The van der Waals surface area contributed by atoms with Crippen LogP contribution in [0.1, 0.15) is 140 Å². The Kier molecular flexibility index (Phi) is 8.54. The highest BCUT2D eigenvalue weighted by Gasteiger charge is 2.59. The molecule has 0 amide bonds. The standard InChI is InChI=1S/C37H52P2/c1-5-17-29(18-6-1)38(30-19-7-2-8-20-30)37(35-27-15-13-25-33(35)34-26-14-16-28-36(34)37)39(31-21-9-3-10-22-31)32-23-11-4-12-24-32/h13-16,25-32H,1-12,17-24H2. The van der Waals surface area contributed by atoms with E-state index in [1.165, 1.54) is 128 Å². The number of hydrogen-bond acceptors (Lipinski definition) is 0. The third-order valence-electron chi connectivity index (χ3n) is 11.5. The quantitative estimate of drug-likeness (QED) is 0.309. The molecule has 4 saturated carbocycles. The Morgan fingerprint density at radius 2 is 0.667 bits per heavy atom. The third kappa shape index (κ3) is 4.91. The van der Waals surface area contributed by atoms with Crippen LogP contribution < -0.4 is 0 Å². The maximum atomic E-state index is 2.69. The predicted octanol–water partition coefficient (Wildman–Crippen LogP) is 12.2. The van der Waals surface area contributed by atoms with Crippen molar-refractivity contribution in [1.29, 1.82) is 0 Å². The van der Waals surface area contributed by atoms with E-state index < -0.39 is 0 Å². The molecule has 0 heterocycles. The third-order valence-corrected chi connectivity index (χ3v) is 20.6. The average molecular weight is 559 g/mol. The van der Waals surface area contributed by atoms with Gasteiger partial charge in [0.2, 0.25) is 0 Å². The lowest BCUT2D eigenvalue weighted by Gasteiger charge is -2.58. The van der Waals surface area contributed by atoms with Crippen LogP contribution in [0, 0.1) is 0 Å². The summed E-state index contributed by atoms with van der Waals surface area (Å²) in [5.41, 5.74) is 11.0. The highest BCUT2D eigenvalue weighted by molar-refractivity contribution is 7.78. The lowest BCUT2D eigenvalue weighted by atomic mass is 9.99. The summed E-state index contributed by atoms with van der Waals surface area (Å²) in [7, 11) is -0.231. The van der Waals surface area contributed by atoms with Crippen LogP contribution in [0.4, 0.5) is 0 Å². The lowest BCUT2D eigenvalue weighted by Crippen LogP contribution is -2.39. The summed E-state index contributed by atoms with van der Waals surface area (Å²) in [6.45, 7) is 0. The molecule has 0 aliphatic heterocycles. The van der Waals surface area contributed by atoms with E-state index in [1.807, 2.05) is 11.1 Å². The Morgan fingerprint density at radius 3 is 0.974 bits per heavy atom. The molecule has 0 radical (unpaired) electrons. The van der Waals surface area contributed by atoms with Crippen molar-refractivity contribution < 1.29 is 0 Å². The monoisotopic (exact) mass is 558 g/mol. The van der Waals surface area contributed by atoms with Crippen molar-refractivity contribution in [3.8, 4) is 11.1 Å². The number of benzene rings is 2. The fourth-order valence-electron chi connectivity index (χ4n) is 9.97. The van der Waals surface area contributed by atoms with E-state index in [4.69, 9.17) is 0 Å². The molecule has 0 unspecified atom stereocenters. The molecule has 0 nitrogen and oxygen atoms in total. The zero-order valence-electron chi connectivity index (χ0n) is 24.5. The predicted molar refractivity (Wildman–Crippen MR) is 174 cm³/mol. The van der Waals surface area contributed by atoms with Crippen LogP contribution in [0.15, 0.2) is 48.5 Å². The van der Waals surface area contributed by atoms with Crippen molar-refractivity contribution in [3.63, 3.8) is 0 Å². The summed E-state index contributed by atoms with van der Waals surface area (Å²) >= 11 is 0. The molecule has 5 aliphatic rings. The highest BCUT2D eigenvalue weighted by Crippen LogP contribution is 2.87. The fourth-order valence-corrected chi connectivity index (χ4v) is 21.9. The van der Waals surface area contributed by atoms with Crippen molar-refractivity contribution in [2.24, 2.45) is 0 Å². The number of hydrogen-bond donors (Lipinski definition) is 0. The van der Waals surface area contributed by atoms with Gasteiger partial charge in [-0.05, 0) is 96.3 Å². The summed E-state index contributed by atoms with van der Waals surface area (Å²) in [5, 5.41) is 0. The summed E-state index contributed by atoms with van der Waals surface area (Å²) in [6.07, 6.45) is 30.2. The molecule has 4 fully saturated rings. The molecule has 0 spiro atoms. The first kappa shape index (κ1) is 27.2. The van der Waals surface area contributed by atoms with Gasteiger partial charge in [0.25, 0.3) is 0 Å². The van der Waals surface area contributed by atoms with Gasteiger partial charge in [0.1, 0.15) is 0 Å². The smallest absolute Gasteiger partial charge is 0.0617 e. The molecule has 0 atom stereocenters. The van der Waals surface area contributed by atoms with Crippen LogP contribution in [0.3, 0.4) is 0 Å². The van der Waals surface area contributed by atoms with E-state index in [1.54, 1.807) is 11.1 Å². The van der Waals surface area contributed by atoms with Crippen molar-refractivity contribution in [3.05, 3.63) is 59.7 Å². The molecule has 0 aromatic heterocycles. The Balaban J connectivity index is 1.50. The molecule has 5 aliphatic carbocycles. The van der Waals surface area contributed by atoms with E-state index in [9.17, 15) is 0 Å². The van der Waals surface area contributed by atoms with E-state index in [-0.39, 0.29) is 15.8 Å². The van der Waals surface area contributed by atoms with Crippen LogP contribution in [-0.2, 0) is 4.90 Å². The molecule has 210 valence electrons. The second kappa shape index (κ2) is 12.3. The minimum Gasteiger partial charge on any atom is -0.0800 e. The van der Waals surface area contributed by atoms with Gasteiger partial charge < -0.3 is 0 Å². The van der Waals surface area contributed by atoms with E-state index in [0.717, 1.165) is 22.6 Å². The number of fused-ring (bicyclic) bond motifs is 3. The van der Waals surface area contributed by atoms with Crippen molar-refractivity contribution in [2.75, 3.05) is 0 Å². The Bertz CT molecular complexity index is 959. The van der Waals surface area contributed by atoms with Gasteiger partial charge in [0.05, 0.1) is 4.90 Å². The maximum Gasteiger partial charge on any atom is 0.0617 e. The zero-order chi connectivity index (χ0) is 26.1.